The van der Waals surface area contributed by atoms with Gasteiger partial charge in [0.05, 0.1) is 31.3 Å². The van der Waals surface area contributed by atoms with Crippen molar-refractivity contribution in [3.05, 3.63) is 61.7 Å². The van der Waals surface area contributed by atoms with E-state index in [0.717, 1.165) is 24.0 Å². The number of piperidine rings is 1. The molecule has 178 valence electrons. The first-order chi connectivity index (χ1) is 16.2. The number of fused-ring (bicyclic) bond motifs is 2. The monoisotopic (exact) mass is 466 g/mol. The van der Waals surface area contributed by atoms with Crippen LogP contribution < -0.4 is 10.3 Å². The SMILES string of the molecule is COC(=O)c1cc2c([nH]c1=O)[C@@H]1Oc3c(O)ccc4c3[C@@]13CC[N+]([O-])(CC1CC1)[C@H](C4)[C@]3(O)C2. The Morgan fingerprint density at radius 2 is 2.15 bits per heavy atom. The van der Waals surface area contributed by atoms with Crippen LogP contribution in [0.2, 0.25) is 0 Å². The van der Waals surface area contributed by atoms with Crippen molar-refractivity contribution < 1.29 is 29.1 Å². The molecule has 2 aromatic rings. The number of aromatic amines is 1. The zero-order valence-electron chi connectivity index (χ0n) is 18.8. The van der Waals surface area contributed by atoms with Crippen LogP contribution in [0.4, 0.5) is 0 Å². The number of phenolic OH excluding ortho intramolecular Hbond substituents is 1. The number of nitrogens with one attached hydrogen (secondary N) is 1. The fourth-order valence-electron chi connectivity index (χ4n) is 7.46. The standard InChI is InChI=1S/C25H26N2O7/c1-33-23(30)15-8-14-10-25(31)17-9-13-4-5-16(28)20-18(13)24(25,21(34-20)19(14)26-22(15)29)6-7-27(17,32)11-12-2-3-12/h4-5,8,12,17,21,28,31H,2-3,6-7,9-11H2,1H3,(H,26,29)/t17-,21+,24+,25-,27?/m1/s1. The molecule has 2 aliphatic heterocycles. The van der Waals surface area contributed by atoms with Gasteiger partial charge in [0.15, 0.2) is 17.6 Å². The number of phenols is 1. The molecule has 3 aliphatic carbocycles. The van der Waals surface area contributed by atoms with E-state index in [1.54, 1.807) is 6.07 Å². The maximum atomic E-state index is 14.3. The molecule has 7 rings (SSSR count). The third-order valence-corrected chi connectivity index (χ3v) is 9.09. The van der Waals surface area contributed by atoms with E-state index in [9.17, 15) is 25.0 Å². The highest BCUT2D eigenvalue weighted by Crippen LogP contribution is 2.69. The van der Waals surface area contributed by atoms with Crippen molar-refractivity contribution in [2.45, 2.75) is 55.3 Å². The Morgan fingerprint density at radius 3 is 2.88 bits per heavy atom. The molecule has 2 fully saturated rings. The molecule has 3 N–H and O–H groups in total. The van der Waals surface area contributed by atoms with Crippen LogP contribution in [0, 0.1) is 11.1 Å². The number of quaternary nitrogens is 1. The Morgan fingerprint density at radius 1 is 1.35 bits per heavy atom. The summed E-state index contributed by atoms with van der Waals surface area (Å²) in [5, 5.41) is 37.6. The number of benzene rings is 1. The first kappa shape index (κ1) is 20.5. The number of aliphatic hydroxyl groups is 1. The second-order valence-corrected chi connectivity index (χ2v) is 10.7. The number of aromatic nitrogens is 1. The lowest BCUT2D eigenvalue weighted by molar-refractivity contribution is -0.924. The normalized spacial score (nSPS) is 36.3. The first-order valence-electron chi connectivity index (χ1n) is 11.9. The molecule has 1 saturated carbocycles. The van der Waals surface area contributed by atoms with Crippen molar-refractivity contribution in [1.82, 2.24) is 4.98 Å². The number of hydroxylamine groups is 3. The third kappa shape index (κ3) is 2.25. The fraction of sp³-hybridized carbons (Fsp3) is 0.520. The molecule has 9 heteroatoms. The number of hydrogen-bond donors (Lipinski definition) is 3. The van der Waals surface area contributed by atoms with Crippen LogP contribution in [0.25, 0.3) is 0 Å². The fourth-order valence-corrected chi connectivity index (χ4v) is 7.46. The van der Waals surface area contributed by atoms with Crippen molar-refractivity contribution in [2.75, 3.05) is 20.2 Å². The zero-order chi connectivity index (χ0) is 23.6. The van der Waals surface area contributed by atoms with E-state index in [1.807, 2.05) is 6.07 Å². The summed E-state index contributed by atoms with van der Waals surface area (Å²) in [6.45, 7) is 0.832. The quantitative estimate of drug-likeness (QED) is 0.355. The average Bonchev–Trinajstić information content (AvgIpc) is 3.53. The summed E-state index contributed by atoms with van der Waals surface area (Å²) < 4.78 is 10.7. The van der Waals surface area contributed by atoms with Crippen molar-refractivity contribution in [3.63, 3.8) is 0 Å². The zero-order valence-corrected chi connectivity index (χ0v) is 18.8. The number of nitrogens with zero attached hydrogens (tertiary/aromatic N) is 1. The molecular formula is C25H26N2O7. The van der Waals surface area contributed by atoms with Crippen LogP contribution in [0.1, 0.15) is 58.1 Å². The first-order valence-corrected chi connectivity index (χ1v) is 11.9. The van der Waals surface area contributed by atoms with Crippen molar-refractivity contribution in [1.29, 1.82) is 0 Å². The minimum Gasteiger partial charge on any atom is -0.632 e. The molecular weight excluding hydrogens is 440 g/mol. The summed E-state index contributed by atoms with van der Waals surface area (Å²) in [6, 6.07) is 4.26. The van der Waals surface area contributed by atoms with Crippen LogP contribution in [0.3, 0.4) is 0 Å². The van der Waals surface area contributed by atoms with E-state index in [-0.39, 0.29) is 17.7 Å². The molecule has 1 unspecified atom stereocenters. The summed E-state index contributed by atoms with van der Waals surface area (Å²) in [6.07, 6.45) is 2.19. The van der Waals surface area contributed by atoms with Gasteiger partial charge in [-0.3, -0.25) is 4.79 Å². The summed E-state index contributed by atoms with van der Waals surface area (Å²) in [5.41, 5.74) is -0.451. The second kappa shape index (κ2) is 6.21. The number of ether oxygens (including phenoxy) is 2. The number of H-pyrrole nitrogens is 1. The van der Waals surface area contributed by atoms with Gasteiger partial charge in [-0.2, -0.15) is 0 Å². The van der Waals surface area contributed by atoms with Gasteiger partial charge < -0.3 is 34.5 Å². The molecule has 3 heterocycles. The van der Waals surface area contributed by atoms with Gasteiger partial charge in [0, 0.05) is 30.7 Å². The molecule has 34 heavy (non-hydrogen) atoms. The average molecular weight is 466 g/mol. The molecule has 9 nitrogen and oxygen atoms in total. The van der Waals surface area contributed by atoms with Gasteiger partial charge in [0.1, 0.15) is 17.2 Å². The number of aromatic hydroxyl groups is 1. The number of pyridine rings is 1. The van der Waals surface area contributed by atoms with Crippen molar-refractivity contribution in [2.24, 2.45) is 5.92 Å². The predicted molar refractivity (Wildman–Crippen MR) is 118 cm³/mol. The Balaban J connectivity index is 1.49. The molecule has 0 radical (unpaired) electrons. The summed E-state index contributed by atoms with van der Waals surface area (Å²) in [4.78, 5) is 27.8. The highest BCUT2D eigenvalue weighted by molar-refractivity contribution is 5.89. The minimum atomic E-state index is -1.46. The van der Waals surface area contributed by atoms with Crippen molar-refractivity contribution >= 4 is 5.97 Å². The Bertz CT molecular complexity index is 1330. The molecule has 1 spiro atoms. The molecule has 1 aromatic heterocycles. The predicted octanol–water partition coefficient (Wildman–Crippen LogP) is 1.58. The van der Waals surface area contributed by atoms with Crippen LogP contribution in [0.5, 0.6) is 11.5 Å². The molecule has 1 aromatic carbocycles. The van der Waals surface area contributed by atoms with Gasteiger partial charge in [-0.1, -0.05) is 6.07 Å². The lowest BCUT2D eigenvalue weighted by atomic mass is 9.48. The number of carbonyl (C=O) groups excluding carboxylic acids is 1. The number of hydrogen-bond acceptors (Lipinski definition) is 7. The highest BCUT2D eigenvalue weighted by atomic mass is 16.6. The number of esters is 1. The summed E-state index contributed by atoms with van der Waals surface area (Å²) >= 11 is 0. The molecule has 5 aliphatic rings. The summed E-state index contributed by atoms with van der Waals surface area (Å²) in [7, 11) is 1.21. The van der Waals surface area contributed by atoms with Crippen LogP contribution >= 0.6 is 0 Å². The molecule has 0 amide bonds. The smallest absolute Gasteiger partial charge is 0.343 e. The topological polar surface area (TPSA) is 132 Å². The van der Waals surface area contributed by atoms with E-state index >= 15 is 0 Å². The van der Waals surface area contributed by atoms with Gasteiger partial charge in [-0.05, 0) is 36.1 Å². The van der Waals surface area contributed by atoms with E-state index < -0.39 is 39.3 Å². The number of rotatable bonds is 3. The summed E-state index contributed by atoms with van der Waals surface area (Å²) in [5.74, 6) is -0.0813. The van der Waals surface area contributed by atoms with Gasteiger partial charge in [0.25, 0.3) is 5.56 Å². The third-order valence-electron chi connectivity index (χ3n) is 9.09. The highest BCUT2D eigenvalue weighted by Gasteiger charge is 2.75. The Hall–Kier alpha value is -2.88. The maximum absolute atomic E-state index is 14.3. The largest absolute Gasteiger partial charge is 0.632 e. The van der Waals surface area contributed by atoms with E-state index in [0.29, 0.717) is 48.9 Å². The van der Waals surface area contributed by atoms with Crippen molar-refractivity contribution in [3.8, 4) is 11.5 Å². The lowest BCUT2D eigenvalue weighted by Crippen LogP contribution is -2.79. The van der Waals surface area contributed by atoms with Crippen LogP contribution in [-0.2, 0) is 23.0 Å². The van der Waals surface area contributed by atoms with Crippen LogP contribution in [-0.4, -0.2) is 57.7 Å². The van der Waals surface area contributed by atoms with Gasteiger partial charge in [-0.15, -0.1) is 0 Å². The molecule has 5 atom stereocenters. The van der Waals surface area contributed by atoms with E-state index in [1.165, 1.54) is 13.2 Å². The molecule has 2 bridgehead atoms. The van der Waals surface area contributed by atoms with Gasteiger partial charge in [-0.25, -0.2) is 4.79 Å². The van der Waals surface area contributed by atoms with E-state index in [2.05, 4.69) is 4.98 Å². The molecule has 1 saturated heterocycles. The second-order valence-electron chi connectivity index (χ2n) is 10.7. The Kier molecular flexibility index (Phi) is 3.74. The van der Waals surface area contributed by atoms with Gasteiger partial charge >= 0.3 is 5.97 Å². The number of likely N-dealkylation sites (tertiary alicyclic amines) is 1. The number of carbonyl (C=O) groups is 1. The van der Waals surface area contributed by atoms with Crippen LogP contribution in [0.15, 0.2) is 23.0 Å². The Labute approximate surface area is 195 Å². The minimum absolute atomic E-state index is 0.0233. The maximum Gasteiger partial charge on any atom is 0.343 e. The van der Waals surface area contributed by atoms with E-state index in [4.69, 9.17) is 9.47 Å². The number of methoxy groups -OCH3 is 1. The lowest BCUT2D eigenvalue weighted by Gasteiger charge is -2.67. The van der Waals surface area contributed by atoms with Gasteiger partial charge in [0.2, 0.25) is 0 Å².